The first-order valence-electron chi connectivity index (χ1n) is 8.07. The van der Waals surface area contributed by atoms with E-state index in [1.165, 1.54) is 12.0 Å². The Morgan fingerprint density at radius 3 is 2.71 bits per heavy atom. The maximum absolute atomic E-state index is 12.7. The largest absolute Gasteiger partial charge is 0.302 e. The summed E-state index contributed by atoms with van der Waals surface area (Å²) in [7, 11) is 0. The second-order valence-electron chi connectivity index (χ2n) is 6.35. The Hall–Kier alpha value is -1.39. The third-order valence-electron chi connectivity index (χ3n) is 4.80. The molecule has 1 aromatic carbocycles. The van der Waals surface area contributed by atoms with Crippen LogP contribution in [0.2, 0.25) is 0 Å². The molecule has 0 bridgehead atoms. The van der Waals surface area contributed by atoms with Crippen molar-refractivity contribution in [3.8, 4) is 0 Å². The van der Waals surface area contributed by atoms with Crippen LogP contribution in [0.15, 0.2) is 24.3 Å². The van der Waals surface area contributed by atoms with Gasteiger partial charge in [-0.05, 0) is 44.2 Å². The lowest BCUT2D eigenvalue weighted by atomic mass is 9.94. The fourth-order valence-corrected chi connectivity index (χ4v) is 3.57. The molecular weight excluding hydrogens is 262 g/mol. The number of nitrogens with one attached hydrogen (secondary N) is 2. The molecule has 2 N–H and O–H groups in total. The van der Waals surface area contributed by atoms with E-state index in [2.05, 4.69) is 41.7 Å². The second-order valence-corrected chi connectivity index (χ2v) is 6.35. The van der Waals surface area contributed by atoms with Crippen LogP contribution in [0, 0.1) is 0 Å². The van der Waals surface area contributed by atoms with Crippen LogP contribution in [0.5, 0.6) is 0 Å². The predicted octanol–water partition coefficient (Wildman–Crippen LogP) is 2.17. The van der Waals surface area contributed by atoms with E-state index in [9.17, 15) is 4.79 Å². The van der Waals surface area contributed by atoms with E-state index in [0.717, 1.165) is 31.4 Å². The van der Waals surface area contributed by atoms with E-state index in [1.807, 2.05) is 12.1 Å². The number of nitrogens with zero attached hydrogens (tertiary/aromatic N) is 1. The summed E-state index contributed by atoms with van der Waals surface area (Å²) in [5.74, 6) is 0.0720. The van der Waals surface area contributed by atoms with E-state index in [1.54, 1.807) is 0 Å². The highest BCUT2D eigenvalue weighted by Crippen LogP contribution is 2.24. The number of carbonyl (C=O) groups is 1. The molecule has 1 saturated heterocycles. The first kappa shape index (κ1) is 14.5. The van der Waals surface area contributed by atoms with Crippen molar-refractivity contribution in [3.05, 3.63) is 35.4 Å². The Labute approximate surface area is 126 Å². The van der Waals surface area contributed by atoms with Gasteiger partial charge in [-0.25, -0.2) is 5.01 Å². The number of hydrogen-bond acceptors (Lipinski definition) is 3. The second kappa shape index (κ2) is 6.16. The first-order chi connectivity index (χ1) is 10.2. The van der Waals surface area contributed by atoms with E-state index in [4.69, 9.17) is 0 Å². The normalized spacial score (nSPS) is 29.7. The van der Waals surface area contributed by atoms with Gasteiger partial charge >= 0.3 is 0 Å². The number of hydrazine groups is 1. The summed E-state index contributed by atoms with van der Waals surface area (Å²) >= 11 is 0. The molecule has 1 fully saturated rings. The number of benzene rings is 1. The van der Waals surface area contributed by atoms with Crippen LogP contribution in [-0.2, 0) is 11.2 Å². The molecule has 0 spiro atoms. The minimum atomic E-state index is -0.226. The molecule has 114 valence electrons. The lowest BCUT2D eigenvalue weighted by Gasteiger charge is -2.40. The Bertz CT molecular complexity index is 507. The molecule has 1 aromatic rings. The highest BCUT2D eigenvalue weighted by molar-refractivity contribution is 5.83. The maximum Gasteiger partial charge on any atom is 0.256 e. The summed E-state index contributed by atoms with van der Waals surface area (Å²) in [5, 5.41) is 5.50. The molecule has 2 heterocycles. The van der Waals surface area contributed by atoms with Crippen LogP contribution in [0.3, 0.4) is 0 Å². The van der Waals surface area contributed by atoms with Gasteiger partial charge in [0.15, 0.2) is 0 Å². The summed E-state index contributed by atoms with van der Waals surface area (Å²) in [5.41, 5.74) is 5.57. The summed E-state index contributed by atoms with van der Waals surface area (Å²) < 4.78 is 0. The maximum atomic E-state index is 12.7. The van der Waals surface area contributed by atoms with Crippen LogP contribution in [-0.4, -0.2) is 29.5 Å². The zero-order valence-electron chi connectivity index (χ0n) is 12.9. The van der Waals surface area contributed by atoms with E-state index in [-0.39, 0.29) is 11.9 Å². The van der Waals surface area contributed by atoms with Crippen molar-refractivity contribution in [2.45, 2.75) is 57.7 Å². The zero-order valence-corrected chi connectivity index (χ0v) is 12.9. The Morgan fingerprint density at radius 1 is 1.24 bits per heavy atom. The number of carbonyl (C=O) groups excluding carboxylic acids is 1. The Balaban J connectivity index is 1.74. The van der Waals surface area contributed by atoms with Gasteiger partial charge in [0, 0.05) is 18.6 Å². The van der Waals surface area contributed by atoms with Crippen LogP contribution in [0.1, 0.15) is 50.3 Å². The van der Waals surface area contributed by atoms with Gasteiger partial charge in [0.1, 0.15) is 6.04 Å². The minimum Gasteiger partial charge on any atom is -0.302 e. The van der Waals surface area contributed by atoms with Crippen molar-refractivity contribution >= 4 is 5.91 Å². The van der Waals surface area contributed by atoms with Crippen LogP contribution in [0.25, 0.3) is 0 Å². The average molecular weight is 287 g/mol. The number of rotatable bonds is 2. The van der Waals surface area contributed by atoms with Gasteiger partial charge in [-0.1, -0.05) is 30.7 Å². The van der Waals surface area contributed by atoms with Gasteiger partial charge in [-0.15, -0.1) is 0 Å². The van der Waals surface area contributed by atoms with Crippen molar-refractivity contribution in [2.75, 3.05) is 6.54 Å². The Kier molecular flexibility index (Phi) is 4.27. The van der Waals surface area contributed by atoms with Crippen molar-refractivity contribution in [1.82, 2.24) is 15.8 Å². The first-order valence-corrected chi connectivity index (χ1v) is 8.07. The predicted molar refractivity (Wildman–Crippen MR) is 83.6 cm³/mol. The molecule has 0 saturated carbocycles. The van der Waals surface area contributed by atoms with Crippen molar-refractivity contribution < 1.29 is 4.79 Å². The molecule has 2 aliphatic heterocycles. The molecule has 0 aromatic heterocycles. The summed E-state index contributed by atoms with van der Waals surface area (Å²) in [6, 6.07) is 8.85. The molecule has 0 aliphatic carbocycles. The van der Waals surface area contributed by atoms with Gasteiger partial charge in [-0.3, -0.25) is 10.2 Å². The van der Waals surface area contributed by atoms with Crippen LogP contribution < -0.4 is 10.7 Å². The van der Waals surface area contributed by atoms with Gasteiger partial charge in [0.2, 0.25) is 0 Å². The molecule has 1 amide bonds. The highest BCUT2D eigenvalue weighted by Gasteiger charge is 2.31. The lowest BCUT2D eigenvalue weighted by molar-refractivity contribution is -0.131. The van der Waals surface area contributed by atoms with Gasteiger partial charge in [0.05, 0.1) is 0 Å². The SMILES string of the molecule is CC1CCCC(C)N1NC(=O)C1NCCc2ccccc21. The van der Waals surface area contributed by atoms with Gasteiger partial charge in [0.25, 0.3) is 5.91 Å². The molecule has 3 atom stereocenters. The number of hydrogen-bond donors (Lipinski definition) is 2. The third-order valence-corrected chi connectivity index (χ3v) is 4.80. The topological polar surface area (TPSA) is 44.4 Å². The molecule has 3 unspecified atom stereocenters. The molecule has 3 rings (SSSR count). The van der Waals surface area contributed by atoms with E-state index >= 15 is 0 Å². The summed E-state index contributed by atoms with van der Waals surface area (Å²) in [6.07, 6.45) is 4.55. The van der Waals surface area contributed by atoms with Gasteiger partial charge < -0.3 is 5.32 Å². The highest BCUT2D eigenvalue weighted by atomic mass is 16.2. The molecule has 0 radical (unpaired) electrons. The standard InChI is InChI=1S/C17H25N3O/c1-12-6-5-7-13(2)20(12)19-17(21)16-15-9-4-3-8-14(15)10-11-18-16/h3-4,8-9,12-13,16,18H,5-7,10-11H2,1-2H3,(H,19,21). The van der Waals surface area contributed by atoms with Crippen molar-refractivity contribution in [2.24, 2.45) is 0 Å². The van der Waals surface area contributed by atoms with E-state index < -0.39 is 0 Å². The van der Waals surface area contributed by atoms with E-state index in [0.29, 0.717) is 12.1 Å². The smallest absolute Gasteiger partial charge is 0.256 e. The fraction of sp³-hybridized carbons (Fsp3) is 0.588. The Morgan fingerprint density at radius 2 is 1.95 bits per heavy atom. The lowest BCUT2D eigenvalue weighted by Crippen LogP contribution is -2.56. The van der Waals surface area contributed by atoms with Crippen LogP contribution in [0.4, 0.5) is 0 Å². The summed E-state index contributed by atoms with van der Waals surface area (Å²) in [4.78, 5) is 12.7. The molecule has 21 heavy (non-hydrogen) atoms. The molecule has 4 heteroatoms. The number of fused-ring (bicyclic) bond motifs is 1. The molecule has 4 nitrogen and oxygen atoms in total. The molecule has 2 aliphatic rings. The number of amides is 1. The summed E-state index contributed by atoms with van der Waals surface area (Å²) in [6.45, 7) is 5.25. The zero-order chi connectivity index (χ0) is 14.8. The van der Waals surface area contributed by atoms with Gasteiger partial charge in [-0.2, -0.15) is 0 Å². The average Bonchev–Trinajstić information content (AvgIpc) is 2.50. The minimum absolute atomic E-state index is 0.0720. The quantitative estimate of drug-likeness (QED) is 0.876. The number of piperidine rings is 1. The third kappa shape index (κ3) is 2.97. The van der Waals surface area contributed by atoms with Crippen molar-refractivity contribution in [3.63, 3.8) is 0 Å². The van der Waals surface area contributed by atoms with Crippen molar-refractivity contribution in [1.29, 1.82) is 0 Å². The fourth-order valence-electron chi connectivity index (χ4n) is 3.57. The molecular formula is C17H25N3O. The van der Waals surface area contributed by atoms with Crippen LogP contribution >= 0.6 is 0 Å². The monoisotopic (exact) mass is 287 g/mol.